The van der Waals surface area contributed by atoms with Crippen molar-refractivity contribution < 1.29 is 4.79 Å². The van der Waals surface area contributed by atoms with Gasteiger partial charge in [0.2, 0.25) is 0 Å². The van der Waals surface area contributed by atoms with Crippen LogP contribution in [0.2, 0.25) is 0 Å². The molecule has 0 unspecified atom stereocenters. The zero-order valence-corrected chi connectivity index (χ0v) is 15.7. The molecule has 2 N–H and O–H groups in total. The Balaban J connectivity index is 1.60. The minimum absolute atomic E-state index is 0.185. The van der Waals surface area contributed by atoms with Gasteiger partial charge in [0, 0.05) is 19.2 Å². The maximum Gasteiger partial charge on any atom is 0.270 e. The van der Waals surface area contributed by atoms with Gasteiger partial charge in [-0.2, -0.15) is 0 Å². The topological polar surface area (TPSA) is 66.9 Å². The largest absolute Gasteiger partial charge is 0.366 e. The molecule has 3 rings (SSSR count). The zero-order valence-electron chi connectivity index (χ0n) is 15.7. The Kier molecular flexibility index (Phi) is 6.15. The van der Waals surface area contributed by atoms with Crippen molar-refractivity contribution >= 4 is 11.7 Å². The molecule has 0 saturated carbocycles. The number of carbonyl (C=O) groups excluding carboxylic acids is 1. The van der Waals surface area contributed by atoms with Crippen LogP contribution in [-0.2, 0) is 13.0 Å². The van der Waals surface area contributed by atoms with E-state index in [0.717, 1.165) is 6.42 Å². The quantitative estimate of drug-likeness (QED) is 0.674. The van der Waals surface area contributed by atoms with E-state index >= 15 is 0 Å². The number of hydrogen-bond acceptors (Lipinski definition) is 4. The smallest absolute Gasteiger partial charge is 0.270 e. The SMILES string of the molecule is Cc1nc(NCc2ccccc2C)cc(C(=O)NCCc2ccccc2)n1. The Morgan fingerprint density at radius 3 is 2.48 bits per heavy atom. The molecule has 27 heavy (non-hydrogen) atoms. The number of rotatable bonds is 7. The number of amides is 1. The Hall–Kier alpha value is -3.21. The summed E-state index contributed by atoms with van der Waals surface area (Å²) in [6, 6.07) is 20.0. The highest BCUT2D eigenvalue weighted by molar-refractivity contribution is 5.92. The van der Waals surface area contributed by atoms with Gasteiger partial charge in [0.05, 0.1) is 0 Å². The van der Waals surface area contributed by atoms with E-state index in [-0.39, 0.29) is 5.91 Å². The van der Waals surface area contributed by atoms with Crippen molar-refractivity contribution in [3.05, 3.63) is 88.9 Å². The molecule has 0 aliphatic rings. The minimum Gasteiger partial charge on any atom is -0.366 e. The number of carbonyl (C=O) groups is 1. The van der Waals surface area contributed by atoms with Crippen LogP contribution in [0.15, 0.2) is 60.7 Å². The molecular formula is C22H24N4O. The van der Waals surface area contributed by atoms with E-state index in [9.17, 15) is 4.79 Å². The molecule has 2 aromatic carbocycles. The number of benzene rings is 2. The summed E-state index contributed by atoms with van der Waals surface area (Å²) in [7, 11) is 0. The lowest BCUT2D eigenvalue weighted by molar-refractivity contribution is 0.0949. The van der Waals surface area contributed by atoms with E-state index in [1.807, 2.05) is 30.3 Å². The number of nitrogens with zero attached hydrogens (tertiary/aromatic N) is 2. The molecule has 0 radical (unpaired) electrons. The van der Waals surface area contributed by atoms with Gasteiger partial charge in [-0.25, -0.2) is 9.97 Å². The normalized spacial score (nSPS) is 10.4. The fourth-order valence-electron chi connectivity index (χ4n) is 2.82. The molecule has 1 heterocycles. The molecule has 1 aromatic heterocycles. The summed E-state index contributed by atoms with van der Waals surface area (Å²) in [5.41, 5.74) is 3.98. The lowest BCUT2D eigenvalue weighted by Gasteiger charge is -2.10. The molecule has 0 saturated heterocycles. The first kappa shape index (κ1) is 18.6. The van der Waals surface area contributed by atoms with Crippen molar-refractivity contribution in [1.82, 2.24) is 15.3 Å². The van der Waals surface area contributed by atoms with Gasteiger partial charge >= 0.3 is 0 Å². The van der Waals surface area contributed by atoms with Gasteiger partial charge in [-0.3, -0.25) is 4.79 Å². The molecule has 0 bridgehead atoms. The van der Waals surface area contributed by atoms with E-state index in [4.69, 9.17) is 0 Å². The van der Waals surface area contributed by atoms with Crippen molar-refractivity contribution in [2.24, 2.45) is 0 Å². The lowest BCUT2D eigenvalue weighted by Crippen LogP contribution is -2.27. The van der Waals surface area contributed by atoms with E-state index in [2.05, 4.69) is 51.8 Å². The van der Waals surface area contributed by atoms with Gasteiger partial charge in [-0.05, 0) is 37.0 Å². The Morgan fingerprint density at radius 1 is 0.963 bits per heavy atom. The Labute approximate surface area is 159 Å². The predicted molar refractivity (Wildman–Crippen MR) is 108 cm³/mol. The molecule has 5 heteroatoms. The molecule has 0 atom stereocenters. The standard InChI is InChI=1S/C22H24N4O/c1-16-8-6-7-11-19(16)15-24-21-14-20(25-17(2)26-21)22(27)23-13-12-18-9-4-3-5-10-18/h3-11,14H,12-13,15H2,1-2H3,(H,23,27)(H,24,25,26). The summed E-state index contributed by atoms with van der Waals surface area (Å²) < 4.78 is 0. The average Bonchev–Trinajstić information content (AvgIpc) is 2.68. The van der Waals surface area contributed by atoms with Crippen LogP contribution in [0.4, 0.5) is 5.82 Å². The Bertz CT molecular complexity index is 909. The van der Waals surface area contributed by atoms with E-state index in [1.165, 1.54) is 16.7 Å². The second kappa shape index (κ2) is 8.94. The van der Waals surface area contributed by atoms with Gasteiger partial charge in [0.25, 0.3) is 5.91 Å². The van der Waals surface area contributed by atoms with E-state index in [1.54, 1.807) is 13.0 Å². The highest BCUT2D eigenvalue weighted by Crippen LogP contribution is 2.12. The molecule has 0 aliphatic carbocycles. The highest BCUT2D eigenvalue weighted by atomic mass is 16.1. The van der Waals surface area contributed by atoms with Crippen molar-refractivity contribution in [3.63, 3.8) is 0 Å². The maximum atomic E-state index is 12.4. The molecule has 0 aliphatic heterocycles. The first-order chi connectivity index (χ1) is 13.1. The summed E-state index contributed by atoms with van der Waals surface area (Å²) >= 11 is 0. The van der Waals surface area contributed by atoms with Crippen LogP contribution >= 0.6 is 0 Å². The number of nitrogens with one attached hydrogen (secondary N) is 2. The third kappa shape index (κ3) is 5.38. The van der Waals surface area contributed by atoms with Gasteiger partial charge in [0.1, 0.15) is 17.3 Å². The molecule has 3 aromatic rings. The zero-order chi connectivity index (χ0) is 19.1. The third-order valence-corrected chi connectivity index (χ3v) is 4.33. The van der Waals surface area contributed by atoms with Crippen molar-refractivity contribution in [2.75, 3.05) is 11.9 Å². The van der Waals surface area contributed by atoms with Crippen LogP contribution in [-0.4, -0.2) is 22.4 Å². The first-order valence-electron chi connectivity index (χ1n) is 9.08. The second-order valence-corrected chi connectivity index (χ2v) is 6.46. The predicted octanol–water partition coefficient (Wildman–Crippen LogP) is 3.68. The van der Waals surface area contributed by atoms with Crippen LogP contribution in [0.3, 0.4) is 0 Å². The highest BCUT2D eigenvalue weighted by Gasteiger charge is 2.10. The van der Waals surface area contributed by atoms with Crippen molar-refractivity contribution in [3.8, 4) is 0 Å². The monoisotopic (exact) mass is 360 g/mol. The molecule has 5 nitrogen and oxygen atoms in total. The number of hydrogen-bond donors (Lipinski definition) is 2. The summed E-state index contributed by atoms with van der Waals surface area (Å²) in [6.45, 7) is 5.09. The molecular weight excluding hydrogens is 336 g/mol. The second-order valence-electron chi connectivity index (χ2n) is 6.46. The maximum absolute atomic E-state index is 12.4. The summed E-state index contributed by atoms with van der Waals surface area (Å²) in [5.74, 6) is 1.03. The fourth-order valence-corrected chi connectivity index (χ4v) is 2.82. The summed E-state index contributed by atoms with van der Waals surface area (Å²) in [5, 5.41) is 6.22. The lowest BCUT2D eigenvalue weighted by atomic mass is 10.1. The van der Waals surface area contributed by atoms with E-state index < -0.39 is 0 Å². The van der Waals surface area contributed by atoms with Crippen LogP contribution in [0.1, 0.15) is 33.0 Å². The van der Waals surface area contributed by atoms with Crippen LogP contribution in [0.5, 0.6) is 0 Å². The van der Waals surface area contributed by atoms with Crippen LogP contribution in [0.25, 0.3) is 0 Å². The van der Waals surface area contributed by atoms with Crippen LogP contribution < -0.4 is 10.6 Å². The van der Waals surface area contributed by atoms with Gasteiger partial charge in [0.15, 0.2) is 0 Å². The first-order valence-corrected chi connectivity index (χ1v) is 9.08. The van der Waals surface area contributed by atoms with E-state index in [0.29, 0.717) is 30.4 Å². The summed E-state index contributed by atoms with van der Waals surface area (Å²) in [4.78, 5) is 21.1. The number of aromatic nitrogens is 2. The van der Waals surface area contributed by atoms with Crippen molar-refractivity contribution in [1.29, 1.82) is 0 Å². The number of aryl methyl sites for hydroxylation is 2. The molecule has 1 amide bonds. The third-order valence-electron chi connectivity index (χ3n) is 4.33. The molecule has 138 valence electrons. The average molecular weight is 360 g/mol. The van der Waals surface area contributed by atoms with Gasteiger partial charge < -0.3 is 10.6 Å². The minimum atomic E-state index is -0.185. The van der Waals surface area contributed by atoms with Gasteiger partial charge in [-0.15, -0.1) is 0 Å². The van der Waals surface area contributed by atoms with Crippen LogP contribution in [0, 0.1) is 13.8 Å². The molecule has 0 spiro atoms. The number of anilines is 1. The summed E-state index contributed by atoms with van der Waals surface area (Å²) in [6.07, 6.45) is 0.787. The molecule has 0 fully saturated rings. The fraction of sp³-hybridized carbons (Fsp3) is 0.227. The Morgan fingerprint density at radius 2 is 1.70 bits per heavy atom. The van der Waals surface area contributed by atoms with Gasteiger partial charge in [-0.1, -0.05) is 54.6 Å². The van der Waals surface area contributed by atoms with Crippen molar-refractivity contribution in [2.45, 2.75) is 26.8 Å².